The third kappa shape index (κ3) is 4.05. The van der Waals surface area contributed by atoms with Gasteiger partial charge in [0.05, 0.1) is 11.7 Å². The molecule has 0 bridgehead atoms. The van der Waals surface area contributed by atoms with Crippen molar-refractivity contribution in [2.24, 2.45) is 0 Å². The standard InChI is InChI=1S/C16H19F3N2O3/c1-10-3-4-12(16(17,18)19)7-14(10)15(24)21-6-5-20(11(2)22)8-13(23)9-21/h3-4,7,13,23H,5-6,8-9H2,1-2H3/t13-/m1/s1. The number of benzene rings is 1. The van der Waals surface area contributed by atoms with Crippen molar-refractivity contribution in [1.82, 2.24) is 9.80 Å². The van der Waals surface area contributed by atoms with E-state index >= 15 is 0 Å². The van der Waals surface area contributed by atoms with Gasteiger partial charge in [0.2, 0.25) is 5.91 Å². The van der Waals surface area contributed by atoms with Gasteiger partial charge in [-0.15, -0.1) is 0 Å². The summed E-state index contributed by atoms with van der Waals surface area (Å²) in [6.45, 7) is 3.38. The van der Waals surface area contributed by atoms with E-state index in [4.69, 9.17) is 0 Å². The van der Waals surface area contributed by atoms with Gasteiger partial charge in [-0.05, 0) is 24.6 Å². The van der Waals surface area contributed by atoms with Crippen molar-refractivity contribution in [1.29, 1.82) is 0 Å². The highest BCUT2D eigenvalue weighted by Crippen LogP contribution is 2.31. The SMILES string of the molecule is CC(=O)N1CCN(C(=O)c2cc(C(F)(F)F)ccc2C)C[C@H](O)C1. The molecule has 2 amide bonds. The first-order valence-corrected chi connectivity index (χ1v) is 7.50. The van der Waals surface area contributed by atoms with E-state index in [2.05, 4.69) is 0 Å². The van der Waals surface area contributed by atoms with Crippen molar-refractivity contribution in [3.05, 3.63) is 34.9 Å². The molecule has 8 heteroatoms. The monoisotopic (exact) mass is 344 g/mol. The second kappa shape index (κ2) is 6.80. The summed E-state index contributed by atoms with van der Waals surface area (Å²) < 4.78 is 38.6. The predicted molar refractivity (Wildman–Crippen MR) is 80.3 cm³/mol. The Hall–Kier alpha value is -2.09. The van der Waals surface area contributed by atoms with Gasteiger partial charge in [0.25, 0.3) is 5.91 Å². The molecular formula is C16H19F3N2O3. The van der Waals surface area contributed by atoms with Crippen molar-refractivity contribution in [3.8, 4) is 0 Å². The molecule has 5 nitrogen and oxygen atoms in total. The maximum absolute atomic E-state index is 12.9. The molecule has 1 saturated heterocycles. The van der Waals surface area contributed by atoms with Gasteiger partial charge in [0.1, 0.15) is 0 Å². The zero-order valence-electron chi connectivity index (χ0n) is 13.4. The van der Waals surface area contributed by atoms with E-state index in [1.165, 1.54) is 22.8 Å². The average molecular weight is 344 g/mol. The number of alkyl halides is 3. The third-order valence-electron chi connectivity index (χ3n) is 4.03. The molecule has 1 aromatic carbocycles. The molecule has 0 spiro atoms. The van der Waals surface area contributed by atoms with Gasteiger partial charge < -0.3 is 14.9 Å². The van der Waals surface area contributed by atoms with Gasteiger partial charge in [-0.3, -0.25) is 9.59 Å². The van der Waals surface area contributed by atoms with Crippen LogP contribution in [0.15, 0.2) is 18.2 Å². The molecule has 0 saturated carbocycles. The number of aliphatic hydroxyl groups is 1. The highest BCUT2D eigenvalue weighted by atomic mass is 19.4. The Morgan fingerprint density at radius 2 is 1.75 bits per heavy atom. The molecule has 0 aromatic heterocycles. The van der Waals surface area contributed by atoms with Gasteiger partial charge in [-0.1, -0.05) is 6.07 Å². The molecular weight excluding hydrogens is 325 g/mol. The van der Waals surface area contributed by atoms with Crippen LogP contribution in [0.3, 0.4) is 0 Å². The van der Waals surface area contributed by atoms with Crippen LogP contribution in [-0.2, 0) is 11.0 Å². The molecule has 1 heterocycles. The first-order chi connectivity index (χ1) is 11.1. The minimum absolute atomic E-state index is 0.0295. The lowest BCUT2D eigenvalue weighted by atomic mass is 10.0. The Labute approximate surface area is 137 Å². The van der Waals surface area contributed by atoms with Gasteiger partial charge >= 0.3 is 6.18 Å². The number of nitrogens with zero attached hydrogens (tertiary/aromatic N) is 2. The fraction of sp³-hybridized carbons (Fsp3) is 0.500. The Morgan fingerprint density at radius 1 is 1.17 bits per heavy atom. The Morgan fingerprint density at radius 3 is 2.33 bits per heavy atom. The third-order valence-corrected chi connectivity index (χ3v) is 4.03. The summed E-state index contributed by atoms with van der Waals surface area (Å²) in [5.74, 6) is -0.804. The number of aryl methyl sites for hydroxylation is 1. The second-order valence-corrected chi connectivity index (χ2v) is 5.90. The van der Waals surface area contributed by atoms with Gasteiger partial charge in [0.15, 0.2) is 0 Å². The van der Waals surface area contributed by atoms with E-state index < -0.39 is 23.8 Å². The lowest BCUT2D eigenvalue weighted by Crippen LogP contribution is -2.38. The summed E-state index contributed by atoms with van der Waals surface area (Å²) >= 11 is 0. The summed E-state index contributed by atoms with van der Waals surface area (Å²) in [7, 11) is 0. The largest absolute Gasteiger partial charge is 0.416 e. The van der Waals surface area contributed by atoms with Gasteiger partial charge in [0, 0.05) is 38.7 Å². The summed E-state index contributed by atoms with van der Waals surface area (Å²) in [5, 5.41) is 9.96. The van der Waals surface area contributed by atoms with Crippen LogP contribution in [0.5, 0.6) is 0 Å². The van der Waals surface area contributed by atoms with Crippen molar-refractivity contribution < 1.29 is 27.9 Å². The Balaban J connectivity index is 2.26. The number of β-amino-alcohol motifs (C(OH)–C–C–N with tert-alkyl or cyclic N) is 1. The van der Waals surface area contributed by atoms with E-state index in [1.807, 2.05) is 0 Å². The second-order valence-electron chi connectivity index (χ2n) is 5.90. The number of rotatable bonds is 1. The van der Waals surface area contributed by atoms with Gasteiger partial charge in [-0.2, -0.15) is 13.2 Å². The van der Waals surface area contributed by atoms with E-state index in [-0.39, 0.29) is 37.6 Å². The molecule has 24 heavy (non-hydrogen) atoms. The molecule has 1 aliphatic rings. The van der Waals surface area contributed by atoms with Crippen LogP contribution in [0.2, 0.25) is 0 Å². The smallest absolute Gasteiger partial charge is 0.389 e. The number of halogens is 3. The van der Waals surface area contributed by atoms with Crippen molar-refractivity contribution >= 4 is 11.8 Å². The lowest BCUT2D eigenvalue weighted by molar-refractivity contribution is -0.137. The van der Waals surface area contributed by atoms with E-state index in [1.54, 1.807) is 6.92 Å². The van der Waals surface area contributed by atoms with Gasteiger partial charge in [-0.25, -0.2) is 0 Å². The highest BCUT2D eigenvalue weighted by Gasteiger charge is 2.33. The normalized spacial score (nSPS) is 19.2. The molecule has 2 rings (SSSR count). The fourth-order valence-electron chi connectivity index (χ4n) is 2.66. The average Bonchev–Trinajstić information content (AvgIpc) is 2.67. The Kier molecular flexibility index (Phi) is 5.17. The minimum Gasteiger partial charge on any atom is -0.389 e. The van der Waals surface area contributed by atoms with Crippen molar-refractivity contribution in [3.63, 3.8) is 0 Å². The summed E-state index contributed by atoms with van der Waals surface area (Å²) in [6.07, 6.45) is -5.47. The maximum atomic E-state index is 12.9. The number of carbonyl (C=O) groups is 2. The molecule has 1 aliphatic heterocycles. The summed E-state index contributed by atoms with van der Waals surface area (Å²) in [6, 6.07) is 3.02. The molecule has 0 radical (unpaired) electrons. The first-order valence-electron chi connectivity index (χ1n) is 7.50. The zero-order chi connectivity index (χ0) is 18.1. The molecule has 1 atom stereocenters. The van der Waals surface area contributed by atoms with Crippen LogP contribution in [0, 0.1) is 6.92 Å². The van der Waals surface area contributed by atoms with E-state index in [9.17, 15) is 27.9 Å². The Bertz CT molecular complexity index is 646. The van der Waals surface area contributed by atoms with Crippen LogP contribution in [0.25, 0.3) is 0 Å². The van der Waals surface area contributed by atoms with Crippen LogP contribution in [-0.4, -0.2) is 59.0 Å². The zero-order valence-corrected chi connectivity index (χ0v) is 13.4. The topological polar surface area (TPSA) is 60.9 Å². The predicted octanol–water partition coefficient (Wildman–Crippen LogP) is 1.68. The summed E-state index contributed by atoms with van der Waals surface area (Å²) in [4.78, 5) is 26.8. The summed E-state index contributed by atoms with van der Waals surface area (Å²) in [5.41, 5.74) is -0.513. The molecule has 1 aromatic rings. The molecule has 132 valence electrons. The molecule has 1 N–H and O–H groups in total. The number of amides is 2. The van der Waals surface area contributed by atoms with Crippen LogP contribution in [0.1, 0.15) is 28.4 Å². The lowest BCUT2D eigenvalue weighted by Gasteiger charge is -2.23. The number of aliphatic hydroxyl groups excluding tert-OH is 1. The minimum atomic E-state index is -4.54. The van der Waals surface area contributed by atoms with Crippen molar-refractivity contribution in [2.45, 2.75) is 26.1 Å². The maximum Gasteiger partial charge on any atom is 0.416 e. The molecule has 0 unspecified atom stereocenters. The number of hydrogen-bond donors (Lipinski definition) is 1. The van der Waals surface area contributed by atoms with Crippen molar-refractivity contribution in [2.75, 3.05) is 26.2 Å². The highest BCUT2D eigenvalue weighted by molar-refractivity contribution is 5.96. The molecule has 0 aliphatic carbocycles. The fourth-order valence-corrected chi connectivity index (χ4v) is 2.66. The first kappa shape index (κ1) is 18.3. The van der Waals surface area contributed by atoms with Crippen LogP contribution >= 0.6 is 0 Å². The van der Waals surface area contributed by atoms with Crippen LogP contribution in [0.4, 0.5) is 13.2 Å². The van der Waals surface area contributed by atoms with E-state index in [0.29, 0.717) is 5.56 Å². The quantitative estimate of drug-likeness (QED) is 0.843. The molecule has 1 fully saturated rings. The van der Waals surface area contributed by atoms with E-state index in [0.717, 1.165) is 12.1 Å². The number of carbonyl (C=O) groups excluding carboxylic acids is 2. The van der Waals surface area contributed by atoms with Crippen LogP contribution < -0.4 is 0 Å². The number of hydrogen-bond acceptors (Lipinski definition) is 3.